The van der Waals surface area contributed by atoms with Crippen LogP contribution in [0.15, 0.2) is 39.5 Å². The van der Waals surface area contributed by atoms with Crippen molar-refractivity contribution in [2.75, 3.05) is 20.8 Å². The maximum atomic E-state index is 13.7. The standard InChI is InChI=1S/C29H32O16/c1-29(39,9-19(32)33)10-20(34)42-11-18-22(35)24(37)25(38)28(44-18)45-27-23(36)21-15(31)7-13(40-2)8-17(21)43-26(27)12-4-5-14(30)16(6-12)41-3/h4-8,18,22,24-25,28,30-31,35,37-39H,9-11H2,1-3H3,(H,32,33)/t18-,22-,24+,25-,28+,29?/m1/s1. The maximum Gasteiger partial charge on any atom is 0.308 e. The van der Waals surface area contributed by atoms with Gasteiger partial charge in [0.2, 0.25) is 17.5 Å². The molecule has 16 heteroatoms. The van der Waals surface area contributed by atoms with Gasteiger partial charge in [0.15, 0.2) is 17.3 Å². The normalized spacial score (nSPS) is 22.8. The number of aromatic hydroxyl groups is 2. The first-order valence-corrected chi connectivity index (χ1v) is 13.4. The molecule has 6 atom stereocenters. The molecule has 4 rings (SSSR count). The molecule has 2 aromatic carbocycles. The van der Waals surface area contributed by atoms with Gasteiger partial charge in [-0.25, -0.2) is 0 Å². The Hall–Kier alpha value is -4.61. The molecule has 1 saturated heterocycles. The first-order chi connectivity index (χ1) is 21.1. The number of fused-ring (bicyclic) bond motifs is 1. The van der Waals surface area contributed by atoms with Crippen molar-refractivity contribution >= 4 is 22.9 Å². The third-order valence-electron chi connectivity index (χ3n) is 6.95. The number of carboxylic acid groups (broad SMARTS) is 1. The van der Waals surface area contributed by atoms with Crippen LogP contribution in [0.25, 0.3) is 22.3 Å². The summed E-state index contributed by atoms with van der Waals surface area (Å²) in [5.74, 6) is -3.95. The van der Waals surface area contributed by atoms with Crippen LogP contribution >= 0.6 is 0 Å². The highest BCUT2D eigenvalue weighted by atomic mass is 16.7. The number of rotatable bonds is 11. The first kappa shape index (κ1) is 33.3. The number of carbonyl (C=O) groups excluding carboxylic acids is 1. The summed E-state index contributed by atoms with van der Waals surface area (Å²) in [6.07, 6.45) is -10.6. The van der Waals surface area contributed by atoms with Gasteiger partial charge in [-0.05, 0) is 25.1 Å². The summed E-state index contributed by atoms with van der Waals surface area (Å²) in [6.45, 7) is 0.379. The zero-order valence-electron chi connectivity index (χ0n) is 24.2. The molecule has 244 valence electrons. The molecule has 1 fully saturated rings. The van der Waals surface area contributed by atoms with Crippen molar-refractivity contribution in [2.45, 2.75) is 56.1 Å². The number of benzene rings is 2. The Bertz CT molecular complexity index is 1630. The molecule has 3 aromatic rings. The van der Waals surface area contributed by atoms with E-state index in [1.165, 1.54) is 38.5 Å². The van der Waals surface area contributed by atoms with Crippen molar-refractivity contribution in [3.8, 4) is 40.1 Å². The molecule has 16 nitrogen and oxygen atoms in total. The first-order valence-electron chi connectivity index (χ1n) is 13.4. The molecule has 0 saturated carbocycles. The Kier molecular flexibility index (Phi) is 9.74. The molecule has 7 N–H and O–H groups in total. The Morgan fingerprint density at radius 2 is 1.67 bits per heavy atom. The molecule has 0 bridgehead atoms. The fraction of sp³-hybridized carbons (Fsp3) is 0.414. The number of aliphatic hydroxyl groups is 4. The molecule has 0 radical (unpaired) electrons. The monoisotopic (exact) mass is 636 g/mol. The van der Waals surface area contributed by atoms with Crippen LogP contribution < -0.4 is 19.6 Å². The van der Waals surface area contributed by atoms with Gasteiger partial charge in [-0.2, -0.15) is 0 Å². The van der Waals surface area contributed by atoms with Crippen LogP contribution in [0, 0.1) is 0 Å². The van der Waals surface area contributed by atoms with Gasteiger partial charge in [0.05, 0.1) is 32.7 Å². The van der Waals surface area contributed by atoms with E-state index in [1.807, 2.05) is 0 Å². The van der Waals surface area contributed by atoms with Crippen molar-refractivity contribution in [1.29, 1.82) is 0 Å². The number of carbonyl (C=O) groups is 2. The largest absolute Gasteiger partial charge is 0.507 e. The highest BCUT2D eigenvalue weighted by molar-refractivity contribution is 5.88. The Morgan fingerprint density at radius 3 is 2.31 bits per heavy atom. The lowest BCUT2D eigenvalue weighted by Crippen LogP contribution is -2.60. The van der Waals surface area contributed by atoms with Crippen LogP contribution in [0.5, 0.6) is 28.7 Å². The number of hydrogen-bond acceptors (Lipinski definition) is 15. The van der Waals surface area contributed by atoms with E-state index < -0.39 is 84.6 Å². The van der Waals surface area contributed by atoms with E-state index >= 15 is 0 Å². The van der Waals surface area contributed by atoms with Crippen molar-refractivity contribution in [3.63, 3.8) is 0 Å². The lowest BCUT2D eigenvalue weighted by Gasteiger charge is -2.39. The average Bonchev–Trinajstić information content (AvgIpc) is 2.96. The number of ether oxygens (including phenoxy) is 5. The number of hydrogen-bond donors (Lipinski definition) is 7. The number of phenols is 2. The van der Waals surface area contributed by atoms with Crippen molar-refractivity contribution < 1.29 is 73.4 Å². The molecule has 0 amide bonds. The number of carboxylic acids is 1. The van der Waals surface area contributed by atoms with Gasteiger partial charge in [0.25, 0.3) is 0 Å². The van der Waals surface area contributed by atoms with Gasteiger partial charge >= 0.3 is 11.9 Å². The second kappa shape index (κ2) is 13.2. The number of methoxy groups -OCH3 is 2. The van der Waals surface area contributed by atoms with Crippen LogP contribution in [0.3, 0.4) is 0 Å². The smallest absolute Gasteiger partial charge is 0.308 e. The summed E-state index contributed by atoms with van der Waals surface area (Å²) in [7, 11) is 2.62. The van der Waals surface area contributed by atoms with E-state index in [0.717, 1.165) is 13.0 Å². The van der Waals surface area contributed by atoms with Gasteiger partial charge in [-0.15, -0.1) is 0 Å². The van der Waals surface area contributed by atoms with E-state index in [-0.39, 0.29) is 39.5 Å². The Balaban J connectivity index is 1.70. The SMILES string of the molecule is COc1cc(O)c2c(=O)c(O[C@@H]3O[C@H](COC(=O)CC(C)(O)CC(=O)O)[C@@H](O)[C@H](O)[C@H]3O)c(-c3ccc(O)c(OC)c3)oc2c1. The Labute approximate surface area is 254 Å². The van der Waals surface area contributed by atoms with Gasteiger partial charge < -0.3 is 63.8 Å². The molecular formula is C29H32O16. The summed E-state index contributed by atoms with van der Waals surface area (Å²) < 4.78 is 32.6. The molecule has 0 aliphatic carbocycles. The predicted octanol–water partition coefficient (Wildman–Crippen LogP) is 0.234. The average molecular weight is 637 g/mol. The van der Waals surface area contributed by atoms with E-state index in [2.05, 4.69) is 0 Å². The fourth-order valence-electron chi connectivity index (χ4n) is 4.68. The molecule has 0 spiro atoms. The predicted molar refractivity (Wildman–Crippen MR) is 150 cm³/mol. The molecule has 45 heavy (non-hydrogen) atoms. The van der Waals surface area contributed by atoms with E-state index in [0.29, 0.717) is 0 Å². The molecule has 1 aromatic heterocycles. The molecule has 1 unspecified atom stereocenters. The Morgan fingerprint density at radius 1 is 0.956 bits per heavy atom. The van der Waals surface area contributed by atoms with Gasteiger partial charge in [-0.1, -0.05) is 0 Å². The quantitative estimate of drug-likeness (QED) is 0.139. The number of phenolic OH excluding ortho intramolecular Hbond substituents is 2. The highest BCUT2D eigenvalue weighted by Gasteiger charge is 2.46. The minimum absolute atomic E-state index is 0.00797. The van der Waals surface area contributed by atoms with Crippen molar-refractivity contribution in [2.24, 2.45) is 0 Å². The zero-order chi connectivity index (χ0) is 33.2. The summed E-state index contributed by atoms with van der Waals surface area (Å²) in [6, 6.07) is 6.38. The highest BCUT2D eigenvalue weighted by Crippen LogP contribution is 2.39. The van der Waals surface area contributed by atoms with Crippen molar-refractivity contribution in [3.05, 3.63) is 40.6 Å². The lowest BCUT2D eigenvalue weighted by molar-refractivity contribution is -0.278. The number of esters is 1. The molecular weight excluding hydrogens is 604 g/mol. The zero-order valence-corrected chi connectivity index (χ0v) is 24.2. The minimum atomic E-state index is -1.97. The van der Waals surface area contributed by atoms with Crippen LogP contribution in [0.2, 0.25) is 0 Å². The van der Waals surface area contributed by atoms with Gasteiger partial charge in [0, 0.05) is 17.7 Å². The van der Waals surface area contributed by atoms with Crippen LogP contribution in [0.1, 0.15) is 19.8 Å². The van der Waals surface area contributed by atoms with E-state index in [9.17, 15) is 45.0 Å². The second-order valence-corrected chi connectivity index (χ2v) is 10.6. The molecule has 1 aliphatic rings. The van der Waals surface area contributed by atoms with E-state index in [1.54, 1.807) is 0 Å². The van der Waals surface area contributed by atoms with Crippen LogP contribution in [0.4, 0.5) is 0 Å². The van der Waals surface area contributed by atoms with Crippen LogP contribution in [-0.4, -0.2) is 105 Å². The third-order valence-corrected chi connectivity index (χ3v) is 6.95. The maximum absolute atomic E-state index is 13.7. The third kappa shape index (κ3) is 7.21. The van der Waals surface area contributed by atoms with E-state index in [4.69, 9.17) is 33.2 Å². The number of aliphatic hydroxyl groups excluding tert-OH is 3. The molecule has 1 aliphatic heterocycles. The fourth-order valence-corrected chi connectivity index (χ4v) is 4.68. The number of aliphatic carboxylic acids is 1. The summed E-state index contributed by atoms with van der Waals surface area (Å²) in [4.78, 5) is 36.9. The topological polar surface area (TPSA) is 252 Å². The van der Waals surface area contributed by atoms with Gasteiger partial charge in [-0.3, -0.25) is 14.4 Å². The van der Waals surface area contributed by atoms with Gasteiger partial charge in [0.1, 0.15) is 53.5 Å². The summed E-state index contributed by atoms with van der Waals surface area (Å²) in [5, 5.41) is 71.0. The van der Waals surface area contributed by atoms with Crippen molar-refractivity contribution in [1.82, 2.24) is 0 Å². The lowest BCUT2D eigenvalue weighted by atomic mass is 9.98. The summed E-state index contributed by atoms with van der Waals surface area (Å²) in [5.41, 5.74) is -2.89. The second-order valence-electron chi connectivity index (χ2n) is 10.6. The molecule has 2 heterocycles. The summed E-state index contributed by atoms with van der Waals surface area (Å²) >= 11 is 0. The van der Waals surface area contributed by atoms with Crippen LogP contribution in [-0.2, 0) is 19.1 Å². The minimum Gasteiger partial charge on any atom is -0.507 e.